The average Bonchev–Trinajstić information content (AvgIpc) is 3.01. The van der Waals surface area contributed by atoms with Crippen LogP contribution in [0, 0.1) is 17.8 Å². The van der Waals surface area contributed by atoms with Crippen LogP contribution in [0.1, 0.15) is 45.4 Å². The molecule has 148 valence electrons. The van der Waals surface area contributed by atoms with Crippen LogP contribution < -0.4 is 5.32 Å². The van der Waals surface area contributed by atoms with Gasteiger partial charge in [-0.2, -0.15) is 0 Å². The number of aromatic nitrogens is 4. The first kappa shape index (κ1) is 18.2. The lowest BCUT2D eigenvalue weighted by Gasteiger charge is -2.57. The van der Waals surface area contributed by atoms with E-state index in [0.717, 1.165) is 34.3 Å². The summed E-state index contributed by atoms with van der Waals surface area (Å²) >= 11 is 1.48. The Bertz CT molecular complexity index is 845. The van der Waals surface area contributed by atoms with Crippen molar-refractivity contribution < 1.29 is 4.79 Å². The molecule has 1 unspecified atom stereocenters. The minimum Gasteiger partial charge on any atom is -0.350 e. The van der Waals surface area contributed by atoms with E-state index in [9.17, 15) is 4.79 Å². The highest BCUT2D eigenvalue weighted by Crippen LogP contribution is 2.55. The molecule has 0 aliphatic heterocycles. The van der Waals surface area contributed by atoms with Crippen molar-refractivity contribution in [1.82, 2.24) is 25.1 Å². The Morgan fingerprint density at radius 2 is 1.89 bits per heavy atom. The number of pyridine rings is 1. The predicted octanol–water partition coefficient (Wildman–Crippen LogP) is 3.44. The number of thioether (sulfide) groups is 1. The van der Waals surface area contributed by atoms with Crippen molar-refractivity contribution in [1.29, 1.82) is 0 Å². The number of nitrogens with zero attached hydrogens (tertiary/aromatic N) is 4. The number of nitrogens with one attached hydrogen (secondary N) is 1. The molecule has 6 rings (SSSR count). The molecular formula is C21H27N5OS. The van der Waals surface area contributed by atoms with Crippen LogP contribution in [0.4, 0.5) is 0 Å². The zero-order valence-corrected chi connectivity index (χ0v) is 17.3. The molecule has 4 aliphatic carbocycles. The summed E-state index contributed by atoms with van der Waals surface area (Å²) in [5, 5.41) is 12.6. The highest BCUT2D eigenvalue weighted by molar-refractivity contribution is 8.00. The van der Waals surface area contributed by atoms with Gasteiger partial charge in [0.2, 0.25) is 5.91 Å². The molecule has 28 heavy (non-hydrogen) atoms. The van der Waals surface area contributed by atoms with Gasteiger partial charge in [0, 0.05) is 30.5 Å². The second-order valence-corrected chi connectivity index (χ2v) is 10.4. The molecule has 0 aromatic carbocycles. The molecule has 4 fully saturated rings. The molecule has 4 bridgehead atoms. The standard InChI is InChI=1S/C21H27N5OS/c1-13(28-20-25-24-18(26(20)2)17-4-3-5-22-12-17)19(27)23-21-9-14-6-15(10-21)8-16(7-14)11-21/h3-5,12-16H,6-11H2,1-2H3,(H,23,27). The third kappa shape index (κ3) is 3.23. The lowest BCUT2D eigenvalue weighted by molar-refractivity contribution is -0.126. The SMILES string of the molecule is CC(Sc1nnc(-c2cccnc2)n1C)C(=O)NC12CC3CC(CC(C3)C1)C2. The third-order valence-corrected chi connectivity index (χ3v) is 7.97. The monoisotopic (exact) mass is 397 g/mol. The van der Waals surface area contributed by atoms with E-state index in [1.807, 2.05) is 30.7 Å². The summed E-state index contributed by atoms with van der Waals surface area (Å²) in [6.07, 6.45) is 11.2. The van der Waals surface area contributed by atoms with Crippen molar-refractivity contribution in [2.45, 2.75) is 61.4 Å². The van der Waals surface area contributed by atoms with Crippen molar-refractivity contribution in [2.75, 3.05) is 0 Å². The Labute approximate surface area is 169 Å². The second-order valence-electron chi connectivity index (χ2n) is 9.05. The van der Waals surface area contributed by atoms with Gasteiger partial charge in [0.15, 0.2) is 11.0 Å². The third-order valence-electron chi connectivity index (χ3n) is 6.83. The van der Waals surface area contributed by atoms with E-state index in [2.05, 4.69) is 20.5 Å². The summed E-state index contributed by atoms with van der Waals surface area (Å²) in [6.45, 7) is 1.97. The molecule has 2 heterocycles. The number of carbonyl (C=O) groups excluding carboxylic acids is 1. The van der Waals surface area contributed by atoms with Gasteiger partial charge >= 0.3 is 0 Å². The normalized spacial score (nSPS) is 31.7. The van der Waals surface area contributed by atoms with Crippen LogP contribution >= 0.6 is 11.8 Å². The van der Waals surface area contributed by atoms with Crippen LogP contribution in [0.3, 0.4) is 0 Å². The molecule has 0 radical (unpaired) electrons. The van der Waals surface area contributed by atoms with Crippen molar-refractivity contribution in [3.8, 4) is 11.4 Å². The van der Waals surface area contributed by atoms with E-state index < -0.39 is 0 Å². The van der Waals surface area contributed by atoms with Crippen molar-refractivity contribution in [2.24, 2.45) is 24.8 Å². The van der Waals surface area contributed by atoms with Crippen LogP contribution in [0.5, 0.6) is 0 Å². The van der Waals surface area contributed by atoms with Gasteiger partial charge < -0.3 is 9.88 Å². The number of hydrogen-bond donors (Lipinski definition) is 1. The van der Waals surface area contributed by atoms with E-state index in [0.29, 0.717) is 0 Å². The van der Waals surface area contributed by atoms with Gasteiger partial charge in [0.1, 0.15) is 0 Å². The first-order valence-electron chi connectivity index (χ1n) is 10.3. The molecular weight excluding hydrogens is 370 g/mol. The van der Waals surface area contributed by atoms with Crippen LogP contribution in [-0.2, 0) is 11.8 Å². The largest absolute Gasteiger partial charge is 0.350 e. The van der Waals surface area contributed by atoms with Gasteiger partial charge in [0.05, 0.1) is 5.25 Å². The molecule has 1 atom stereocenters. The summed E-state index contributed by atoms with van der Waals surface area (Å²) in [5.41, 5.74) is 0.983. The van der Waals surface area contributed by atoms with Gasteiger partial charge in [-0.1, -0.05) is 11.8 Å². The molecule has 1 N–H and O–H groups in total. The second kappa shape index (κ2) is 6.87. The first-order valence-corrected chi connectivity index (χ1v) is 11.2. The number of amides is 1. The fourth-order valence-corrected chi connectivity index (χ4v) is 6.82. The Kier molecular flexibility index (Phi) is 4.45. The Balaban J connectivity index is 1.27. The van der Waals surface area contributed by atoms with E-state index in [1.165, 1.54) is 50.3 Å². The Morgan fingerprint density at radius 1 is 1.21 bits per heavy atom. The number of hydrogen-bond acceptors (Lipinski definition) is 5. The zero-order chi connectivity index (χ0) is 19.3. The zero-order valence-electron chi connectivity index (χ0n) is 16.5. The number of carbonyl (C=O) groups is 1. The summed E-state index contributed by atoms with van der Waals surface area (Å²) in [7, 11) is 1.94. The molecule has 0 saturated heterocycles. The van der Waals surface area contributed by atoms with E-state index in [1.54, 1.807) is 12.4 Å². The lowest BCUT2D eigenvalue weighted by atomic mass is 9.53. The Hall–Kier alpha value is -1.89. The molecule has 4 aliphatic rings. The highest BCUT2D eigenvalue weighted by Gasteiger charge is 2.51. The molecule has 7 heteroatoms. The fourth-order valence-electron chi connectivity index (χ4n) is 6.00. The van der Waals surface area contributed by atoms with Gasteiger partial charge in [-0.15, -0.1) is 10.2 Å². The van der Waals surface area contributed by atoms with Crippen LogP contribution in [0.15, 0.2) is 29.7 Å². The lowest BCUT2D eigenvalue weighted by Crippen LogP contribution is -2.60. The summed E-state index contributed by atoms with van der Waals surface area (Å²) in [6, 6.07) is 3.85. The molecule has 4 saturated carbocycles. The van der Waals surface area contributed by atoms with Gasteiger partial charge in [-0.05, 0) is 75.3 Å². The molecule has 0 spiro atoms. The highest BCUT2D eigenvalue weighted by atomic mass is 32.2. The first-order chi connectivity index (χ1) is 13.5. The summed E-state index contributed by atoms with van der Waals surface area (Å²) < 4.78 is 1.94. The maximum Gasteiger partial charge on any atom is 0.233 e. The predicted molar refractivity (Wildman–Crippen MR) is 109 cm³/mol. The summed E-state index contributed by atoms with van der Waals surface area (Å²) in [4.78, 5) is 17.2. The van der Waals surface area contributed by atoms with Crippen LogP contribution in [0.2, 0.25) is 0 Å². The van der Waals surface area contributed by atoms with Gasteiger partial charge in [0.25, 0.3) is 0 Å². The minimum absolute atomic E-state index is 0.0570. The van der Waals surface area contributed by atoms with Gasteiger partial charge in [-0.25, -0.2) is 0 Å². The topological polar surface area (TPSA) is 72.7 Å². The number of rotatable bonds is 5. The van der Waals surface area contributed by atoms with E-state index >= 15 is 0 Å². The van der Waals surface area contributed by atoms with Crippen LogP contribution in [-0.4, -0.2) is 36.4 Å². The smallest absolute Gasteiger partial charge is 0.233 e. The molecule has 2 aromatic rings. The maximum atomic E-state index is 13.0. The molecule has 2 aromatic heterocycles. The van der Waals surface area contributed by atoms with E-state index in [-0.39, 0.29) is 16.7 Å². The van der Waals surface area contributed by atoms with Crippen molar-refractivity contribution in [3.05, 3.63) is 24.5 Å². The quantitative estimate of drug-likeness (QED) is 0.783. The van der Waals surface area contributed by atoms with Gasteiger partial charge in [-0.3, -0.25) is 9.78 Å². The minimum atomic E-state index is -0.197. The fraction of sp³-hybridized carbons (Fsp3) is 0.619. The molecule has 6 nitrogen and oxygen atoms in total. The Morgan fingerprint density at radius 3 is 2.50 bits per heavy atom. The molecule has 1 amide bonds. The van der Waals surface area contributed by atoms with E-state index in [4.69, 9.17) is 0 Å². The van der Waals surface area contributed by atoms with Crippen molar-refractivity contribution in [3.63, 3.8) is 0 Å². The van der Waals surface area contributed by atoms with Crippen molar-refractivity contribution >= 4 is 17.7 Å². The summed E-state index contributed by atoms with van der Waals surface area (Å²) in [5.74, 6) is 3.39. The maximum absolute atomic E-state index is 13.0. The average molecular weight is 398 g/mol. The van der Waals surface area contributed by atoms with Crippen LogP contribution in [0.25, 0.3) is 11.4 Å².